The van der Waals surface area contributed by atoms with Crippen molar-refractivity contribution in [3.8, 4) is 11.1 Å². The van der Waals surface area contributed by atoms with Crippen molar-refractivity contribution in [3.63, 3.8) is 0 Å². The number of carbonyl (C=O) groups is 2. The maximum atomic E-state index is 12.8. The Hall–Kier alpha value is -5.36. The molecule has 0 fully saturated rings. The van der Waals surface area contributed by atoms with Crippen LogP contribution in [0.4, 0.5) is 21.9 Å². The smallest absolute Gasteiger partial charge is 0.407 e. The van der Waals surface area contributed by atoms with Gasteiger partial charge in [0.05, 0.1) is 0 Å². The van der Waals surface area contributed by atoms with Crippen molar-refractivity contribution in [3.05, 3.63) is 149 Å². The number of carbonyl (C=O) groups excluding carboxylic acids is 1. The van der Waals surface area contributed by atoms with Gasteiger partial charge >= 0.3 is 12.1 Å². The number of carboxylic acids is 1. The van der Waals surface area contributed by atoms with Crippen molar-refractivity contribution >= 4 is 29.1 Å². The van der Waals surface area contributed by atoms with Crippen LogP contribution < -0.4 is 10.2 Å². The predicted molar refractivity (Wildman–Crippen MR) is 174 cm³/mol. The molecule has 1 atom stereocenters. The third-order valence-electron chi connectivity index (χ3n) is 8.09. The maximum Gasteiger partial charge on any atom is 0.407 e. The topological polar surface area (TPSA) is 78.9 Å². The number of nitrogens with one attached hydrogen (secondary N) is 1. The molecule has 1 aliphatic rings. The Balaban J connectivity index is 1.15. The zero-order valence-corrected chi connectivity index (χ0v) is 24.7. The number of alkyl carbamates (subject to hydrolysis) is 1. The fraction of sp³-hybridized carbons (Fsp3) is 0.158. The van der Waals surface area contributed by atoms with Crippen LogP contribution in [0.15, 0.2) is 121 Å². The van der Waals surface area contributed by atoms with Crippen LogP contribution in [0, 0.1) is 13.8 Å². The van der Waals surface area contributed by atoms with Gasteiger partial charge in [0.25, 0.3) is 0 Å². The second-order valence-corrected chi connectivity index (χ2v) is 11.2. The van der Waals surface area contributed by atoms with E-state index in [4.69, 9.17) is 4.74 Å². The monoisotopic (exact) mass is 582 g/mol. The number of anilines is 3. The van der Waals surface area contributed by atoms with Gasteiger partial charge in [-0.2, -0.15) is 0 Å². The summed E-state index contributed by atoms with van der Waals surface area (Å²) < 4.78 is 5.61. The fourth-order valence-corrected chi connectivity index (χ4v) is 5.98. The average molecular weight is 583 g/mol. The SMILES string of the molecule is Cc1cccc(N(c2ccc(CC(NC(=O)OCC3c4ccccc4-c4ccccc43)C(=O)O)cc2)c2cccc(C)c2)c1. The molecule has 0 saturated heterocycles. The minimum atomic E-state index is -1.14. The van der Waals surface area contributed by atoms with Crippen LogP contribution in [0.5, 0.6) is 0 Å². The number of aryl methyl sites for hydroxylation is 2. The summed E-state index contributed by atoms with van der Waals surface area (Å²) in [6.07, 6.45) is -0.629. The van der Waals surface area contributed by atoms with E-state index in [1.54, 1.807) is 0 Å². The number of ether oxygens (including phenoxy) is 1. The Labute approximate surface area is 257 Å². The highest BCUT2D eigenvalue weighted by Gasteiger charge is 2.30. The summed E-state index contributed by atoms with van der Waals surface area (Å²) in [6, 6.07) is 39.4. The van der Waals surface area contributed by atoms with Gasteiger partial charge in [-0.3, -0.25) is 0 Å². The maximum absolute atomic E-state index is 12.8. The van der Waals surface area contributed by atoms with E-state index in [1.165, 1.54) is 0 Å². The minimum absolute atomic E-state index is 0.103. The van der Waals surface area contributed by atoms with E-state index in [0.717, 1.165) is 56.0 Å². The highest BCUT2D eigenvalue weighted by Crippen LogP contribution is 2.44. The molecule has 6 heteroatoms. The second kappa shape index (κ2) is 12.5. The number of hydrogen-bond acceptors (Lipinski definition) is 4. The molecule has 220 valence electrons. The van der Waals surface area contributed by atoms with Crippen LogP contribution in [-0.4, -0.2) is 29.8 Å². The summed E-state index contributed by atoms with van der Waals surface area (Å²) in [4.78, 5) is 27.2. The van der Waals surface area contributed by atoms with Gasteiger partial charge in [0.1, 0.15) is 12.6 Å². The Morgan fingerprint density at radius 1 is 0.727 bits per heavy atom. The molecule has 5 aromatic rings. The highest BCUT2D eigenvalue weighted by molar-refractivity contribution is 5.82. The largest absolute Gasteiger partial charge is 0.480 e. The standard InChI is InChI=1S/C38H34N2O4/c1-25-9-7-11-29(21-25)40(30-12-8-10-26(2)22-30)28-19-17-27(18-20-28)23-36(37(41)42)39-38(43)44-24-35-33-15-5-3-13-31(33)32-14-4-6-16-34(32)35/h3-22,35-36H,23-24H2,1-2H3,(H,39,43)(H,41,42). The Kier molecular flexibility index (Phi) is 8.15. The lowest BCUT2D eigenvalue weighted by molar-refractivity contribution is -0.139. The number of rotatable bonds is 9. The van der Waals surface area contributed by atoms with Gasteiger partial charge in [0, 0.05) is 29.4 Å². The van der Waals surface area contributed by atoms with Crippen molar-refractivity contribution in [1.29, 1.82) is 0 Å². The fourth-order valence-electron chi connectivity index (χ4n) is 5.98. The van der Waals surface area contributed by atoms with E-state index in [0.29, 0.717) is 0 Å². The third-order valence-corrected chi connectivity index (χ3v) is 8.09. The number of hydrogen-bond donors (Lipinski definition) is 2. The molecular formula is C38H34N2O4. The minimum Gasteiger partial charge on any atom is -0.480 e. The zero-order chi connectivity index (χ0) is 30.6. The zero-order valence-electron chi connectivity index (χ0n) is 24.7. The van der Waals surface area contributed by atoms with Gasteiger partial charge in [-0.15, -0.1) is 0 Å². The molecule has 0 aliphatic heterocycles. The van der Waals surface area contributed by atoms with E-state index >= 15 is 0 Å². The Morgan fingerprint density at radius 2 is 1.27 bits per heavy atom. The van der Waals surface area contributed by atoms with Gasteiger partial charge in [-0.1, -0.05) is 84.9 Å². The highest BCUT2D eigenvalue weighted by atomic mass is 16.5. The lowest BCUT2D eigenvalue weighted by atomic mass is 9.98. The summed E-state index contributed by atoms with van der Waals surface area (Å²) in [6.45, 7) is 4.25. The summed E-state index contributed by atoms with van der Waals surface area (Å²) >= 11 is 0. The summed E-state index contributed by atoms with van der Waals surface area (Å²) in [5, 5.41) is 12.5. The van der Waals surface area contributed by atoms with Crippen LogP contribution in [0.3, 0.4) is 0 Å². The lowest BCUT2D eigenvalue weighted by Crippen LogP contribution is -2.42. The van der Waals surface area contributed by atoms with E-state index < -0.39 is 18.1 Å². The molecule has 2 N–H and O–H groups in total. The Morgan fingerprint density at radius 3 is 1.80 bits per heavy atom. The second-order valence-electron chi connectivity index (χ2n) is 11.2. The van der Waals surface area contributed by atoms with E-state index in [2.05, 4.69) is 72.6 Å². The molecule has 1 aliphatic carbocycles. The molecule has 1 unspecified atom stereocenters. The van der Waals surface area contributed by atoms with Crippen molar-refractivity contribution in [2.24, 2.45) is 0 Å². The molecular weight excluding hydrogens is 548 g/mol. The van der Waals surface area contributed by atoms with Gasteiger partial charge in [0.2, 0.25) is 0 Å². The first-order valence-electron chi connectivity index (χ1n) is 14.7. The van der Waals surface area contributed by atoms with Gasteiger partial charge in [-0.05, 0) is 89.2 Å². The third kappa shape index (κ3) is 6.06. The van der Waals surface area contributed by atoms with Crippen LogP contribution in [-0.2, 0) is 16.0 Å². The number of aliphatic carboxylic acids is 1. The molecule has 0 spiro atoms. The molecule has 0 bridgehead atoms. The lowest BCUT2D eigenvalue weighted by Gasteiger charge is -2.26. The van der Waals surface area contributed by atoms with Crippen molar-refractivity contribution in [1.82, 2.24) is 5.32 Å². The van der Waals surface area contributed by atoms with E-state index in [-0.39, 0.29) is 18.9 Å². The number of amides is 1. The summed E-state index contributed by atoms with van der Waals surface area (Å²) in [5.74, 6) is -1.22. The molecule has 0 aromatic heterocycles. The van der Waals surface area contributed by atoms with E-state index in [9.17, 15) is 14.7 Å². The van der Waals surface area contributed by atoms with Gasteiger partial charge < -0.3 is 20.1 Å². The number of fused-ring (bicyclic) bond motifs is 3. The normalized spacial score (nSPS) is 12.6. The summed E-state index contributed by atoms with van der Waals surface area (Å²) in [5.41, 5.74) is 10.6. The van der Waals surface area contributed by atoms with Gasteiger partial charge in [0.15, 0.2) is 0 Å². The van der Waals surface area contributed by atoms with Crippen LogP contribution >= 0.6 is 0 Å². The molecule has 6 nitrogen and oxygen atoms in total. The van der Waals surface area contributed by atoms with Crippen LogP contribution in [0.25, 0.3) is 11.1 Å². The van der Waals surface area contributed by atoms with Crippen molar-refractivity contribution in [2.75, 3.05) is 11.5 Å². The van der Waals surface area contributed by atoms with E-state index in [1.807, 2.05) is 72.8 Å². The van der Waals surface area contributed by atoms with Crippen molar-refractivity contribution in [2.45, 2.75) is 32.2 Å². The van der Waals surface area contributed by atoms with Crippen molar-refractivity contribution < 1.29 is 19.4 Å². The first-order valence-corrected chi connectivity index (χ1v) is 14.7. The average Bonchev–Trinajstić information content (AvgIpc) is 3.34. The summed E-state index contributed by atoms with van der Waals surface area (Å²) in [7, 11) is 0. The number of carboxylic acid groups (broad SMARTS) is 1. The number of benzene rings is 5. The van der Waals surface area contributed by atoms with Crippen LogP contribution in [0.1, 0.15) is 33.7 Å². The first-order chi connectivity index (χ1) is 21.4. The number of nitrogens with zero attached hydrogens (tertiary/aromatic N) is 1. The van der Waals surface area contributed by atoms with Gasteiger partial charge in [-0.25, -0.2) is 9.59 Å². The Bertz CT molecular complexity index is 1720. The molecule has 44 heavy (non-hydrogen) atoms. The molecule has 6 rings (SSSR count). The quantitative estimate of drug-likeness (QED) is 0.183. The predicted octanol–water partition coefficient (Wildman–Crippen LogP) is 8.31. The van der Waals surface area contributed by atoms with Crippen LogP contribution in [0.2, 0.25) is 0 Å². The molecule has 0 saturated carbocycles. The molecule has 5 aromatic carbocycles. The first kappa shape index (κ1) is 28.7. The molecule has 0 radical (unpaired) electrons. The molecule has 1 amide bonds. The molecule has 0 heterocycles.